The molecule has 0 saturated heterocycles. The van der Waals surface area contributed by atoms with Crippen LogP contribution in [0.25, 0.3) is 0 Å². The molecule has 2 aromatic carbocycles. The van der Waals surface area contributed by atoms with Crippen molar-refractivity contribution in [1.82, 2.24) is 10.2 Å². The van der Waals surface area contributed by atoms with Gasteiger partial charge in [0.25, 0.3) is 0 Å². The average molecular weight is 579 g/mol. The standard InChI is InChI=1S/C24H37N3S3.O.Tc/c1-23(2,28)16-25-14-19-13-20(11-12-21(19)26-17-24(3,4)29)30-22-10-8-7-9-18(22)15-27(5)6;;/h7-13,25-26,28-29H,14-17H2,1-6H3;;/q;-2;/i;;1+1. The van der Waals surface area contributed by atoms with E-state index in [1.54, 1.807) is 0 Å². The van der Waals surface area contributed by atoms with Crippen LogP contribution in [0.4, 0.5) is 5.69 Å². The van der Waals surface area contributed by atoms with Crippen LogP contribution in [-0.2, 0) is 38.7 Å². The minimum Gasteiger partial charge on any atom is -2.00 e. The predicted octanol–water partition coefficient (Wildman–Crippen LogP) is 5.70. The summed E-state index contributed by atoms with van der Waals surface area (Å²) in [5.41, 5.74) is 3.77. The largest absolute Gasteiger partial charge is 2.00 e. The van der Waals surface area contributed by atoms with Crippen LogP contribution in [-0.4, -0.2) is 41.6 Å². The monoisotopic (exact) mass is 578 g/mol. The fourth-order valence-corrected chi connectivity index (χ4v) is 4.16. The Labute approximate surface area is 223 Å². The Morgan fingerprint density at radius 2 is 1.53 bits per heavy atom. The fourth-order valence-electron chi connectivity index (χ4n) is 2.97. The van der Waals surface area contributed by atoms with Crippen LogP contribution >= 0.6 is 37.0 Å². The van der Waals surface area contributed by atoms with E-state index >= 15 is 0 Å². The number of nitrogens with zero attached hydrogens (tertiary/aromatic N) is 1. The zero-order valence-corrected chi connectivity index (χ0v) is 24.4. The molecule has 0 aliphatic rings. The maximum absolute atomic E-state index is 4.66. The second-order valence-corrected chi connectivity index (χ2v) is 12.9. The van der Waals surface area contributed by atoms with Crippen molar-refractivity contribution >= 4 is 42.7 Å². The molecule has 0 atom stereocenters. The van der Waals surface area contributed by atoms with E-state index in [1.165, 1.54) is 20.9 Å². The van der Waals surface area contributed by atoms with E-state index in [1.807, 2.05) is 11.8 Å². The van der Waals surface area contributed by atoms with Crippen LogP contribution in [0.2, 0.25) is 0 Å². The van der Waals surface area contributed by atoms with Crippen molar-refractivity contribution in [2.75, 3.05) is 32.5 Å². The Balaban J connectivity index is 0.00000480. The summed E-state index contributed by atoms with van der Waals surface area (Å²) in [7, 11) is 4.22. The van der Waals surface area contributed by atoms with Gasteiger partial charge in [-0.05, 0) is 77.2 Å². The normalized spacial score (nSPS) is 11.7. The molecule has 1 radical (unpaired) electrons. The average Bonchev–Trinajstić information content (AvgIpc) is 2.60. The van der Waals surface area contributed by atoms with Crippen molar-refractivity contribution in [3.8, 4) is 0 Å². The minimum absolute atomic E-state index is 0. The van der Waals surface area contributed by atoms with Gasteiger partial charge in [-0.25, -0.2) is 0 Å². The second-order valence-electron chi connectivity index (χ2n) is 9.35. The van der Waals surface area contributed by atoms with Gasteiger partial charge < -0.3 is 21.0 Å². The van der Waals surface area contributed by atoms with Gasteiger partial charge in [0.05, 0.1) is 0 Å². The van der Waals surface area contributed by atoms with Gasteiger partial charge in [-0.3, -0.25) is 0 Å². The number of rotatable bonds is 11. The predicted molar refractivity (Wildman–Crippen MR) is 141 cm³/mol. The molecule has 0 aliphatic heterocycles. The van der Waals surface area contributed by atoms with Crippen molar-refractivity contribution in [2.45, 2.75) is 60.1 Å². The zero-order chi connectivity index (χ0) is 22.4. The van der Waals surface area contributed by atoms with E-state index in [0.29, 0.717) is 0 Å². The van der Waals surface area contributed by atoms with E-state index in [-0.39, 0.29) is 35.1 Å². The van der Waals surface area contributed by atoms with Gasteiger partial charge in [0.1, 0.15) is 0 Å². The summed E-state index contributed by atoms with van der Waals surface area (Å²) in [6.45, 7) is 11.9. The first-order chi connectivity index (χ1) is 13.9. The van der Waals surface area contributed by atoms with Crippen molar-refractivity contribution in [1.29, 1.82) is 0 Å². The molecular formula is C24H37N3OS3Tc-2. The van der Waals surface area contributed by atoms with Crippen LogP contribution < -0.4 is 10.6 Å². The summed E-state index contributed by atoms with van der Waals surface area (Å²) in [6, 6.07) is 15.3. The zero-order valence-electron chi connectivity index (χ0n) is 19.9. The minimum atomic E-state index is -0.0731. The molecular weight excluding hydrogens is 541 g/mol. The van der Waals surface area contributed by atoms with Gasteiger partial charge in [0.2, 0.25) is 0 Å². The number of thiol groups is 2. The third-order valence-electron chi connectivity index (χ3n) is 4.35. The Kier molecular flexibility index (Phi) is 14.2. The first kappa shape index (κ1) is 31.8. The summed E-state index contributed by atoms with van der Waals surface area (Å²) in [5.74, 6) is 0. The molecule has 181 valence electrons. The van der Waals surface area contributed by atoms with Gasteiger partial charge in [0.15, 0.2) is 0 Å². The maximum Gasteiger partial charge on any atom is 0.0387 e. The molecule has 0 heterocycles. The Bertz CT molecular complexity index is 821. The van der Waals surface area contributed by atoms with Gasteiger partial charge in [0, 0.05) is 71.3 Å². The van der Waals surface area contributed by atoms with Gasteiger partial charge in [-0.2, -0.15) is 25.3 Å². The van der Waals surface area contributed by atoms with E-state index in [9.17, 15) is 0 Å². The molecule has 0 spiro atoms. The summed E-state index contributed by atoms with van der Waals surface area (Å²) < 4.78 is -0.117. The summed E-state index contributed by atoms with van der Waals surface area (Å²) in [5, 5.41) is 7.13. The first-order valence-electron chi connectivity index (χ1n) is 10.4. The van der Waals surface area contributed by atoms with E-state index < -0.39 is 0 Å². The molecule has 2 N–H and O–H groups in total. The molecule has 4 nitrogen and oxygen atoms in total. The van der Waals surface area contributed by atoms with Crippen molar-refractivity contribution in [2.24, 2.45) is 0 Å². The Morgan fingerprint density at radius 1 is 0.906 bits per heavy atom. The quantitative estimate of drug-likeness (QED) is 0.259. The molecule has 2 aromatic rings. The Hall–Kier alpha value is -0.181. The number of nitrogens with one attached hydrogen (secondary N) is 2. The molecule has 32 heavy (non-hydrogen) atoms. The second kappa shape index (κ2) is 14.3. The molecule has 0 amide bonds. The molecule has 0 bridgehead atoms. The van der Waals surface area contributed by atoms with Gasteiger partial charge >= 0.3 is 0 Å². The molecule has 0 aliphatic carbocycles. The summed E-state index contributed by atoms with van der Waals surface area (Å²) in [4.78, 5) is 4.76. The van der Waals surface area contributed by atoms with Crippen LogP contribution in [0.1, 0.15) is 38.8 Å². The third-order valence-corrected chi connectivity index (χ3v) is 5.77. The molecule has 0 aromatic heterocycles. The van der Waals surface area contributed by atoms with Crippen LogP contribution in [0, 0.1) is 0 Å². The Morgan fingerprint density at radius 3 is 2.12 bits per heavy atom. The summed E-state index contributed by atoms with van der Waals surface area (Å²) >= 11 is 11.1. The first-order valence-corrected chi connectivity index (χ1v) is 12.1. The maximum atomic E-state index is 4.66. The smallest absolute Gasteiger partial charge is 0.0387 e. The SMILES string of the molecule is CN(C)Cc1ccccc1Sc1ccc(NCC(C)(C)S)c(CNCC(C)(C)S)c1.[99Tc].[O-2]. The summed E-state index contributed by atoms with van der Waals surface area (Å²) in [6.07, 6.45) is 0. The molecule has 2 rings (SSSR count). The van der Waals surface area contributed by atoms with Gasteiger partial charge in [-0.1, -0.05) is 30.0 Å². The molecule has 0 saturated carbocycles. The third kappa shape index (κ3) is 12.3. The topological polar surface area (TPSA) is 55.8 Å². The number of benzene rings is 2. The molecule has 0 unspecified atom stereocenters. The number of anilines is 1. The molecule has 8 heteroatoms. The van der Waals surface area contributed by atoms with Crippen molar-refractivity contribution in [3.05, 3.63) is 53.6 Å². The fraction of sp³-hybridized carbons (Fsp3) is 0.500. The van der Waals surface area contributed by atoms with Crippen LogP contribution in [0.3, 0.4) is 0 Å². The van der Waals surface area contributed by atoms with Gasteiger partial charge in [-0.15, -0.1) is 0 Å². The van der Waals surface area contributed by atoms with Crippen molar-refractivity contribution in [3.63, 3.8) is 0 Å². The molecule has 0 fully saturated rings. The number of hydrogen-bond donors (Lipinski definition) is 4. The van der Waals surface area contributed by atoms with E-state index in [0.717, 1.165) is 31.9 Å². The van der Waals surface area contributed by atoms with Crippen molar-refractivity contribution < 1.29 is 25.6 Å². The van der Waals surface area contributed by atoms with Crippen LogP contribution in [0.5, 0.6) is 0 Å². The number of hydrogen-bond acceptors (Lipinski definition) is 6. The van der Waals surface area contributed by atoms with Crippen LogP contribution in [0.15, 0.2) is 52.3 Å². The van der Waals surface area contributed by atoms with E-state index in [4.69, 9.17) is 0 Å². The van der Waals surface area contributed by atoms with E-state index in [2.05, 4.69) is 125 Å².